The summed E-state index contributed by atoms with van der Waals surface area (Å²) >= 11 is 13.0. The number of alkyl halides is 1. The van der Waals surface area contributed by atoms with E-state index in [1.165, 1.54) is 0 Å². The van der Waals surface area contributed by atoms with Gasteiger partial charge in [0.2, 0.25) is 5.95 Å². The Balaban J connectivity index is 1.58. The van der Waals surface area contributed by atoms with Crippen LogP contribution in [0.1, 0.15) is 31.7 Å². The normalized spacial score (nSPS) is 26.9. The van der Waals surface area contributed by atoms with Gasteiger partial charge in [-0.2, -0.15) is 0 Å². The van der Waals surface area contributed by atoms with Gasteiger partial charge in [-0.05, 0) is 43.7 Å². The Morgan fingerprint density at radius 2 is 1.87 bits per heavy atom. The largest absolute Gasteiger partial charge is 0.349 e. The highest BCUT2D eigenvalue weighted by Gasteiger charge is 2.46. The molecule has 0 amide bonds. The maximum absolute atomic E-state index is 15.4. The van der Waals surface area contributed by atoms with Crippen molar-refractivity contribution in [1.29, 1.82) is 0 Å². The highest BCUT2D eigenvalue weighted by atomic mass is 35.5. The third kappa shape index (κ3) is 4.65. The SMILES string of the molecule is CC(c1cccc(Cl)c1Cl)(C1CCC(Nc2ncc(F)cn2)C(F)C1)N1CCNCC1. The first-order valence-corrected chi connectivity index (χ1v) is 11.4. The zero-order chi connectivity index (χ0) is 22.0. The van der Waals surface area contributed by atoms with Gasteiger partial charge in [-0.1, -0.05) is 35.3 Å². The van der Waals surface area contributed by atoms with Gasteiger partial charge >= 0.3 is 0 Å². The zero-order valence-corrected chi connectivity index (χ0v) is 18.9. The van der Waals surface area contributed by atoms with Crippen molar-refractivity contribution in [3.63, 3.8) is 0 Å². The molecule has 2 fully saturated rings. The number of halogens is 4. The van der Waals surface area contributed by atoms with Crippen LogP contribution in [-0.2, 0) is 5.54 Å². The summed E-state index contributed by atoms with van der Waals surface area (Å²) < 4.78 is 28.4. The van der Waals surface area contributed by atoms with Gasteiger partial charge in [-0.3, -0.25) is 4.90 Å². The molecule has 0 radical (unpaired) electrons. The fourth-order valence-electron chi connectivity index (χ4n) is 5.01. The van der Waals surface area contributed by atoms with Crippen LogP contribution in [0.15, 0.2) is 30.6 Å². The van der Waals surface area contributed by atoms with Crippen molar-refractivity contribution in [1.82, 2.24) is 20.2 Å². The number of hydrogen-bond donors (Lipinski definition) is 2. The molecule has 4 rings (SSSR count). The second-order valence-corrected chi connectivity index (χ2v) is 9.27. The second kappa shape index (κ2) is 9.53. The van der Waals surface area contributed by atoms with Gasteiger partial charge in [-0.15, -0.1) is 0 Å². The van der Waals surface area contributed by atoms with Crippen LogP contribution in [-0.4, -0.2) is 53.3 Å². The summed E-state index contributed by atoms with van der Waals surface area (Å²) in [7, 11) is 0. The molecule has 2 aliphatic rings. The van der Waals surface area contributed by atoms with E-state index in [0.717, 1.165) is 50.6 Å². The van der Waals surface area contributed by atoms with E-state index in [-0.39, 0.29) is 11.9 Å². The van der Waals surface area contributed by atoms with Crippen molar-refractivity contribution in [2.24, 2.45) is 5.92 Å². The minimum atomic E-state index is -1.09. The molecule has 1 aromatic carbocycles. The van der Waals surface area contributed by atoms with E-state index in [2.05, 4.69) is 32.4 Å². The summed E-state index contributed by atoms with van der Waals surface area (Å²) in [6.45, 7) is 5.65. The predicted molar refractivity (Wildman–Crippen MR) is 120 cm³/mol. The Morgan fingerprint density at radius 1 is 1.16 bits per heavy atom. The van der Waals surface area contributed by atoms with Crippen LogP contribution in [0, 0.1) is 11.7 Å². The lowest BCUT2D eigenvalue weighted by Gasteiger charge is -2.51. The highest BCUT2D eigenvalue weighted by molar-refractivity contribution is 6.42. The first-order valence-electron chi connectivity index (χ1n) is 10.7. The Bertz CT molecular complexity index is 894. The maximum atomic E-state index is 15.4. The Hall–Kier alpha value is -1.54. The number of piperazine rings is 1. The number of aromatic nitrogens is 2. The molecule has 5 nitrogen and oxygen atoms in total. The Labute approximate surface area is 191 Å². The molecule has 1 aromatic heterocycles. The number of rotatable bonds is 5. The lowest BCUT2D eigenvalue weighted by Crippen LogP contribution is -2.58. The molecule has 1 saturated heterocycles. The summed E-state index contributed by atoms with van der Waals surface area (Å²) in [4.78, 5) is 10.2. The van der Waals surface area contributed by atoms with E-state index in [1.807, 2.05) is 12.1 Å². The molecule has 0 spiro atoms. The third-order valence-electron chi connectivity index (χ3n) is 6.77. The minimum absolute atomic E-state index is 0.0590. The smallest absolute Gasteiger partial charge is 0.223 e. The lowest BCUT2D eigenvalue weighted by molar-refractivity contribution is -0.00136. The van der Waals surface area contributed by atoms with Crippen molar-refractivity contribution in [2.45, 2.75) is 43.9 Å². The number of hydrogen-bond acceptors (Lipinski definition) is 5. The second-order valence-electron chi connectivity index (χ2n) is 8.49. The summed E-state index contributed by atoms with van der Waals surface area (Å²) in [5.74, 6) is -0.213. The predicted octanol–water partition coefficient (Wildman–Crippen LogP) is 4.66. The number of benzene rings is 1. The molecule has 2 N–H and O–H groups in total. The molecule has 1 saturated carbocycles. The molecule has 4 unspecified atom stereocenters. The maximum Gasteiger partial charge on any atom is 0.223 e. The average molecular weight is 470 g/mol. The Morgan fingerprint density at radius 3 is 2.55 bits per heavy atom. The van der Waals surface area contributed by atoms with Crippen LogP contribution in [0.2, 0.25) is 10.0 Å². The monoisotopic (exact) mass is 469 g/mol. The van der Waals surface area contributed by atoms with E-state index in [9.17, 15) is 4.39 Å². The van der Waals surface area contributed by atoms with E-state index in [1.54, 1.807) is 6.07 Å². The fourth-order valence-corrected chi connectivity index (χ4v) is 5.51. The van der Waals surface area contributed by atoms with Crippen molar-refractivity contribution in [3.05, 3.63) is 52.0 Å². The lowest BCUT2D eigenvalue weighted by atomic mass is 9.69. The van der Waals surface area contributed by atoms with Crippen LogP contribution < -0.4 is 10.6 Å². The molecule has 2 heterocycles. The molecular weight excluding hydrogens is 443 g/mol. The molecule has 1 aliphatic carbocycles. The van der Waals surface area contributed by atoms with Crippen LogP contribution in [0.5, 0.6) is 0 Å². The summed E-state index contributed by atoms with van der Waals surface area (Å²) in [5.41, 5.74) is 0.514. The standard InChI is InChI=1S/C22H27Cl2F2N5/c1-22(31-9-7-27-8-10-31,16-3-2-4-17(23)20(16)24)14-5-6-19(18(26)11-14)30-21-28-12-15(25)13-29-21/h2-4,12-14,18-19,27H,5-11H2,1H3,(H,28,29,30). The van der Waals surface area contributed by atoms with Crippen molar-refractivity contribution >= 4 is 29.2 Å². The number of nitrogens with one attached hydrogen (secondary N) is 2. The van der Waals surface area contributed by atoms with Crippen molar-refractivity contribution < 1.29 is 8.78 Å². The van der Waals surface area contributed by atoms with Crippen LogP contribution in [0.3, 0.4) is 0 Å². The van der Waals surface area contributed by atoms with E-state index < -0.39 is 23.6 Å². The quantitative estimate of drug-likeness (QED) is 0.666. The van der Waals surface area contributed by atoms with Crippen molar-refractivity contribution in [2.75, 3.05) is 31.5 Å². The molecule has 4 atom stereocenters. The van der Waals surface area contributed by atoms with Gasteiger partial charge in [0.25, 0.3) is 0 Å². The van der Waals surface area contributed by atoms with Crippen LogP contribution in [0.4, 0.5) is 14.7 Å². The van der Waals surface area contributed by atoms with Gasteiger partial charge in [-0.25, -0.2) is 18.7 Å². The minimum Gasteiger partial charge on any atom is -0.349 e. The third-order valence-corrected chi connectivity index (χ3v) is 7.59. The number of anilines is 1. The van der Waals surface area contributed by atoms with E-state index in [0.29, 0.717) is 22.9 Å². The molecule has 168 valence electrons. The van der Waals surface area contributed by atoms with Gasteiger partial charge in [0.1, 0.15) is 6.17 Å². The van der Waals surface area contributed by atoms with Gasteiger partial charge in [0.15, 0.2) is 5.82 Å². The summed E-state index contributed by atoms with van der Waals surface area (Å²) in [6, 6.07) is 5.30. The van der Waals surface area contributed by atoms with E-state index in [4.69, 9.17) is 23.2 Å². The topological polar surface area (TPSA) is 53.1 Å². The molecule has 1 aliphatic heterocycles. The first-order chi connectivity index (χ1) is 14.9. The number of nitrogens with zero attached hydrogens (tertiary/aromatic N) is 3. The Kier molecular flexibility index (Phi) is 6.96. The highest BCUT2D eigenvalue weighted by Crippen LogP contribution is 2.47. The zero-order valence-electron chi connectivity index (χ0n) is 17.4. The average Bonchev–Trinajstić information content (AvgIpc) is 2.78. The molecule has 31 heavy (non-hydrogen) atoms. The van der Waals surface area contributed by atoms with E-state index >= 15 is 4.39 Å². The van der Waals surface area contributed by atoms with Gasteiger partial charge in [0.05, 0.1) is 28.5 Å². The van der Waals surface area contributed by atoms with Crippen LogP contribution >= 0.6 is 23.2 Å². The fraction of sp³-hybridized carbons (Fsp3) is 0.545. The van der Waals surface area contributed by atoms with Crippen molar-refractivity contribution in [3.8, 4) is 0 Å². The van der Waals surface area contributed by atoms with Gasteiger partial charge < -0.3 is 10.6 Å². The molecular formula is C22H27Cl2F2N5. The molecule has 9 heteroatoms. The summed E-state index contributed by atoms with van der Waals surface area (Å²) in [6.07, 6.45) is 2.87. The first kappa shape index (κ1) is 22.6. The molecule has 2 aromatic rings. The van der Waals surface area contributed by atoms with Gasteiger partial charge in [0, 0.05) is 31.7 Å². The molecule has 0 bridgehead atoms. The summed E-state index contributed by atoms with van der Waals surface area (Å²) in [5, 5.41) is 7.48. The van der Waals surface area contributed by atoms with Crippen LogP contribution in [0.25, 0.3) is 0 Å².